The first-order chi connectivity index (χ1) is 11.8. The molecule has 0 radical (unpaired) electrons. The van der Waals surface area contributed by atoms with Crippen LogP contribution >= 0.6 is 12.2 Å². The molecule has 2 aromatic carbocycles. The zero-order valence-electron chi connectivity index (χ0n) is 14.3. The number of ketones is 1. The van der Waals surface area contributed by atoms with E-state index in [2.05, 4.69) is 10.6 Å². The minimum absolute atomic E-state index is 0.00840. The Labute approximate surface area is 152 Å². The Bertz CT molecular complexity index is 786. The maximum atomic E-state index is 12.3. The maximum absolute atomic E-state index is 12.3. The standard InChI is InChI=1S/C19H20N2O3S/c1-12(2)24-17-6-4-5-15(11-17)18(23)21-19(25)20-16-9-7-14(8-10-16)13(3)22/h4-12H,1-3H3,(H2,20,21,23,25). The number of nitrogens with one attached hydrogen (secondary N) is 2. The highest BCUT2D eigenvalue weighted by Crippen LogP contribution is 2.15. The number of thiocarbonyl (C=S) groups is 1. The molecule has 130 valence electrons. The quantitative estimate of drug-likeness (QED) is 0.630. The van der Waals surface area contributed by atoms with E-state index < -0.39 is 0 Å². The molecule has 0 atom stereocenters. The van der Waals surface area contributed by atoms with Gasteiger partial charge in [0, 0.05) is 16.8 Å². The third-order valence-corrected chi connectivity index (χ3v) is 3.45. The van der Waals surface area contributed by atoms with E-state index >= 15 is 0 Å². The van der Waals surface area contributed by atoms with Crippen LogP contribution in [0.25, 0.3) is 0 Å². The van der Waals surface area contributed by atoms with Crippen molar-refractivity contribution >= 4 is 34.7 Å². The largest absolute Gasteiger partial charge is 0.491 e. The molecule has 0 spiro atoms. The summed E-state index contributed by atoms with van der Waals surface area (Å²) >= 11 is 5.16. The van der Waals surface area contributed by atoms with Crippen molar-refractivity contribution in [3.8, 4) is 5.75 Å². The van der Waals surface area contributed by atoms with Crippen molar-refractivity contribution in [2.75, 3.05) is 5.32 Å². The normalized spacial score (nSPS) is 10.2. The number of carbonyl (C=O) groups excluding carboxylic acids is 2. The number of carbonyl (C=O) groups is 2. The number of rotatable bonds is 5. The number of Topliss-reactive ketones (excluding diaryl/α,β-unsaturated/α-hetero) is 1. The lowest BCUT2D eigenvalue weighted by Crippen LogP contribution is -2.34. The number of anilines is 1. The monoisotopic (exact) mass is 356 g/mol. The molecular weight excluding hydrogens is 336 g/mol. The SMILES string of the molecule is CC(=O)c1ccc(NC(=S)NC(=O)c2cccc(OC(C)C)c2)cc1. The molecule has 0 fully saturated rings. The van der Waals surface area contributed by atoms with E-state index in [1.807, 2.05) is 13.8 Å². The van der Waals surface area contributed by atoms with E-state index in [4.69, 9.17) is 17.0 Å². The van der Waals surface area contributed by atoms with Gasteiger partial charge in [-0.05, 0) is 75.5 Å². The van der Waals surface area contributed by atoms with Crippen LogP contribution in [0.4, 0.5) is 5.69 Å². The van der Waals surface area contributed by atoms with Crippen LogP contribution in [-0.4, -0.2) is 22.9 Å². The van der Waals surface area contributed by atoms with Crippen LogP contribution in [-0.2, 0) is 0 Å². The van der Waals surface area contributed by atoms with Gasteiger partial charge in [0.15, 0.2) is 10.9 Å². The summed E-state index contributed by atoms with van der Waals surface area (Å²) in [6.45, 7) is 5.34. The highest BCUT2D eigenvalue weighted by Gasteiger charge is 2.10. The topological polar surface area (TPSA) is 67.4 Å². The lowest BCUT2D eigenvalue weighted by atomic mass is 10.1. The fraction of sp³-hybridized carbons (Fsp3) is 0.211. The molecule has 2 N–H and O–H groups in total. The van der Waals surface area contributed by atoms with Gasteiger partial charge in [-0.25, -0.2) is 0 Å². The van der Waals surface area contributed by atoms with Gasteiger partial charge in [0.1, 0.15) is 5.75 Å². The minimum Gasteiger partial charge on any atom is -0.491 e. The number of hydrogen-bond acceptors (Lipinski definition) is 4. The molecule has 1 amide bonds. The summed E-state index contributed by atoms with van der Waals surface area (Å²) in [6, 6.07) is 13.8. The molecule has 0 aliphatic rings. The summed E-state index contributed by atoms with van der Waals surface area (Å²) in [7, 11) is 0. The van der Waals surface area contributed by atoms with E-state index in [0.29, 0.717) is 22.6 Å². The van der Waals surface area contributed by atoms with Crippen LogP contribution in [0.2, 0.25) is 0 Å². The van der Waals surface area contributed by atoms with Crippen LogP contribution < -0.4 is 15.4 Å². The molecule has 0 aliphatic carbocycles. The lowest BCUT2D eigenvalue weighted by molar-refractivity contribution is 0.0975. The molecule has 2 aromatic rings. The van der Waals surface area contributed by atoms with E-state index in [0.717, 1.165) is 0 Å². The zero-order chi connectivity index (χ0) is 18.4. The summed E-state index contributed by atoms with van der Waals surface area (Å²) in [5.74, 6) is 0.291. The molecule has 0 unspecified atom stereocenters. The first-order valence-corrected chi connectivity index (χ1v) is 8.26. The number of benzene rings is 2. The Morgan fingerprint density at radius 1 is 1.04 bits per heavy atom. The number of amides is 1. The Morgan fingerprint density at radius 2 is 1.72 bits per heavy atom. The van der Waals surface area contributed by atoms with Crippen molar-refractivity contribution in [2.45, 2.75) is 26.9 Å². The van der Waals surface area contributed by atoms with Crippen molar-refractivity contribution in [2.24, 2.45) is 0 Å². The Balaban J connectivity index is 1.98. The van der Waals surface area contributed by atoms with Gasteiger partial charge in [0.2, 0.25) is 0 Å². The van der Waals surface area contributed by atoms with Crippen LogP contribution in [0.15, 0.2) is 48.5 Å². The first-order valence-electron chi connectivity index (χ1n) is 7.85. The van der Waals surface area contributed by atoms with Crippen molar-refractivity contribution < 1.29 is 14.3 Å². The summed E-state index contributed by atoms with van der Waals surface area (Å²) in [6.07, 6.45) is 0.0269. The highest BCUT2D eigenvalue weighted by atomic mass is 32.1. The van der Waals surface area contributed by atoms with Gasteiger partial charge in [-0.1, -0.05) is 6.07 Å². The van der Waals surface area contributed by atoms with E-state index in [-0.39, 0.29) is 22.9 Å². The van der Waals surface area contributed by atoms with Crippen molar-refractivity contribution in [1.82, 2.24) is 5.32 Å². The molecule has 5 nitrogen and oxygen atoms in total. The minimum atomic E-state index is -0.327. The van der Waals surface area contributed by atoms with E-state index in [9.17, 15) is 9.59 Å². The van der Waals surface area contributed by atoms with Crippen LogP contribution in [0.5, 0.6) is 5.75 Å². The predicted octanol–water partition coefficient (Wildman–Crippen LogP) is 3.80. The van der Waals surface area contributed by atoms with Crippen molar-refractivity contribution in [3.05, 3.63) is 59.7 Å². The van der Waals surface area contributed by atoms with Gasteiger partial charge in [0.05, 0.1) is 6.10 Å². The van der Waals surface area contributed by atoms with Crippen LogP contribution in [0.1, 0.15) is 41.5 Å². The van der Waals surface area contributed by atoms with E-state index in [1.54, 1.807) is 48.5 Å². The molecule has 25 heavy (non-hydrogen) atoms. The third kappa shape index (κ3) is 5.69. The van der Waals surface area contributed by atoms with Crippen LogP contribution in [0, 0.1) is 0 Å². The molecule has 0 bridgehead atoms. The maximum Gasteiger partial charge on any atom is 0.257 e. The summed E-state index contributed by atoms with van der Waals surface area (Å²) < 4.78 is 5.58. The Hall–Kier alpha value is -2.73. The van der Waals surface area contributed by atoms with Gasteiger partial charge >= 0.3 is 0 Å². The fourth-order valence-electron chi connectivity index (χ4n) is 2.11. The third-order valence-electron chi connectivity index (χ3n) is 3.24. The number of ether oxygens (including phenoxy) is 1. The molecule has 6 heteroatoms. The van der Waals surface area contributed by atoms with Crippen LogP contribution in [0.3, 0.4) is 0 Å². The molecular formula is C19H20N2O3S. The Kier molecular flexibility index (Phi) is 6.25. The fourth-order valence-corrected chi connectivity index (χ4v) is 2.32. The molecule has 0 saturated heterocycles. The van der Waals surface area contributed by atoms with Gasteiger partial charge < -0.3 is 10.1 Å². The summed E-state index contributed by atoms with van der Waals surface area (Å²) in [4.78, 5) is 23.6. The van der Waals surface area contributed by atoms with Crippen molar-refractivity contribution in [1.29, 1.82) is 0 Å². The predicted molar refractivity (Wildman–Crippen MR) is 102 cm³/mol. The molecule has 2 rings (SSSR count). The second-order valence-electron chi connectivity index (χ2n) is 5.74. The average molecular weight is 356 g/mol. The average Bonchev–Trinajstić information content (AvgIpc) is 2.54. The van der Waals surface area contributed by atoms with E-state index in [1.165, 1.54) is 6.92 Å². The van der Waals surface area contributed by atoms with Gasteiger partial charge in [-0.3, -0.25) is 14.9 Å². The second-order valence-corrected chi connectivity index (χ2v) is 6.14. The molecule has 0 saturated carbocycles. The van der Waals surface area contributed by atoms with Crippen molar-refractivity contribution in [3.63, 3.8) is 0 Å². The van der Waals surface area contributed by atoms with Gasteiger partial charge in [-0.15, -0.1) is 0 Å². The smallest absolute Gasteiger partial charge is 0.257 e. The Morgan fingerprint density at radius 3 is 2.32 bits per heavy atom. The zero-order valence-corrected chi connectivity index (χ0v) is 15.1. The summed E-state index contributed by atoms with van der Waals surface area (Å²) in [5.41, 5.74) is 1.75. The molecule has 0 aliphatic heterocycles. The molecule has 0 heterocycles. The highest BCUT2D eigenvalue weighted by molar-refractivity contribution is 7.80. The lowest BCUT2D eigenvalue weighted by Gasteiger charge is -2.12. The second kappa shape index (κ2) is 8.39. The first kappa shape index (κ1) is 18.6. The van der Waals surface area contributed by atoms with Gasteiger partial charge in [0.25, 0.3) is 5.91 Å². The summed E-state index contributed by atoms with van der Waals surface area (Å²) in [5, 5.41) is 5.71. The molecule has 0 aromatic heterocycles. The van der Waals surface area contributed by atoms with Gasteiger partial charge in [-0.2, -0.15) is 0 Å². The number of hydrogen-bond donors (Lipinski definition) is 2.